The summed E-state index contributed by atoms with van der Waals surface area (Å²) >= 11 is 0. The topological polar surface area (TPSA) is 67.1 Å². The third-order valence-electron chi connectivity index (χ3n) is 2.80. The molecule has 0 saturated carbocycles. The van der Waals surface area contributed by atoms with Crippen molar-refractivity contribution >= 4 is 5.82 Å². The fourth-order valence-electron chi connectivity index (χ4n) is 1.89. The van der Waals surface area contributed by atoms with E-state index < -0.39 is 0 Å². The predicted octanol–water partition coefficient (Wildman–Crippen LogP) is 0.541. The smallest absolute Gasteiger partial charge is 0.248 e. The minimum absolute atomic E-state index is 0.504. The van der Waals surface area contributed by atoms with Crippen LogP contribution in [0.4, 0.5) is 5.82 Å². The molecule has 88 valence electrons. The van der Waals surface area contributed by atoms with Gasteiger partial charge in [-0.25, -0.2) is 4.98 Å². The van der Waals surface area contributed by atoms with Crippen molar-refractivity contribution in [1.29, 1.82) is 0 Å². The summed E-state index contributed by atoms with van der Waals surface area (Å²) in [5.41, 5.74) is 0.849. The Hall–Kier alpha value is -1.95. The fourth-order valence-corrected chi connectivity index (χ4v) is 1.89. The molecule has 1 fully saturated rings. The maximum Gasteiger partial charge on any atom is 0.248 e. The minimum atomic E-state index is 0.504. The molecular formula is C11H13N5O. The Bertz CT molecular complexity index is 461. The number of nitrogens with zero attached hydrogens (tertiary/aromatic N) is 4. The summed E-state index contributed by atoms with van der Waals surface area (Å²) in [5, 5.41) is 10.8. The summed E-state index contributed by atoms with van der Waals surface area (Å²) < 4.78 is 5.12. The zero-order chi connectivity index (χ0) is 11.5. The highest BCUT2D eigenvalue weighted by molar-refractivity contribution is 5.54. The van der Waals surface area contributed by atoms with E-state index in [0.29, 0.717) is 5.89 Å². The molecule has 0 spiro atoms. The van der Waals surface area contributed by atoms with E-state index in [-0.39, 0.29) is 0 Å². The van der Waals surface area contributed by atoms with Crippen molar-refractivity contribution in [1.82, 2.24) is 20.5 Å². The summed E-state index contributed by atoms with van der Waals surface area (Å²) in [4.78, 5) is 6.69. The lowest BCUT2D eigenvalue weighted by atomic mass is 10.2. The molecule has 0 bridgehead atoms. The van der Waals surface area contributed by atoms with E-state index in [1.165, 1.54) is 6.39 Å². The first-order valence-corrected chi connectivity index (χ1v) is 5.62. The summed E-state index contributed by atoms with van der Waals surface area (Å²) in [7, 11) is 0. The van der Waals surface area contributed by atoms with Crippen molar-refractivity contribution < 1.29 is 4.42 Å². The highest BCUT2D eigenvalue weighted by Gasteiger charge is 2.12. The average Bonchev–Trinajstić information content (AvgIpc) is 2.94. The van der Waals surface area contributed by atoms with Crippen molar-refractivity contribution in [3.63, 3.8) is 0 Å². The van der Waals surface area contributed by atoms with E-state index in [4.69, 9.17) is 4.42 Å². The van der Waals surface area contributed by atoms with Crippen LogP contribution < -0.4 is 10.2 Å². The molecule has 0 radical (unpaired) electrons. The molecule has 6 heteroatoms. The van der Waals surface area contributed by atoms with Gasteiger partial charge < -0.3 is 14.6 Å². The Balaban J connectivity index is 1.80. The molecule has 3 heterocycles. The SMILES string of the molecule is c1nnc(-c2ccc(N3CCNCC3)nc2)o1. The molecule has 1 saturated heterocycles. The molecule has 0 atom stereocenters. The number of nitrogens with one attached hydrogen (secondary N) is 1. The third kappa shape index (κ3) is 2.12. The molecule has 1 aliphatic rings. The summed E-state index contributed by atoms with van der Waals surface area (Å²) in [6, 6.07) is 3.95. The van der Waals surface area contributed by atoms with E-state index in [2.05, 4.69) is 25.4 Å². The lowest BCUT2D eigenvalue weighted by molar-refractivity contribution is 0.568. The van der Waals surface area contributed by atoms with Crippen LogP contribution in [0, 0.1) is 0 Å². The highest BCUT2D eigenvalue weighted by atomic mass is 16.4. The van der Waals surface area contributed by atoms with Crippen LogP contribution in [0.25, 0.3) is 11.5 Å². The van der Waals surface area contributed by atoms with Crippen LogP contribution in [0.3, 0.4) is 0 Å². The Labute approximate surface area is 98.7 Å². The molecule has 17 heavy (non-hydrogen) atoms. The number of piperazine rings is 1. The van der Waals surface area contributed by atoms with E-state index >= 15 is 0 Å². The van der Waals surface area contributed by atoms with Crippen LogP contribution >= 0.6 is 0 Å². The van der Waals surface area contributed by atoms with E-state index in [9.17, 15) is 0 Å². The number of pyridine rings is 1. The van der Waals surface area contributed by atoms with Gasteiger partial charge in [0.05, 0.1) is 5.56 Å². The van der Waals surface area contributed by atoms with Gasteiger partial charge in [0.2, 0.25) is 12.3 Å². The molecule has 6 nitrogen and oxygen atoms in total. The maximum absolute atomic E-state index is 5.12. The van der Waals surface area contributed by atoms with Gasteiger partial charge in [0.25, 0.3) is 0 Å². The van der Waals surface area contributed by atoms with Crippen molar-refractivity contribution in [3.05, 3.63) is 24.7 Å². The molecule has 0 amide bonds. The standard InChI is InChI=1S/C11H13N5O/c1-2-10(16-5-3-12-4-6-16)13-7-9(1)11-15-14-8-17-11/h1-2,7-8,12H,3-6H2. The van der Waals surface area contributed by atoms with Gasteiger partial charge in [-0.2, -0.15) is 0 Å². The van der Waals surface area contributed by atoms with Gasteiger partial charge in [-0.05, 0) is 12.1 Å². The predicted molar refractivity (Wildman–Crippen MR) is 62.6 cm³/mol. The Morgan fingerprint density at radius 2 is 2.12 bits per heavy atom. The van der Waals surface area contributed by atoms with Gasteiger partial charge in [-0.3, -0.25) is 0 Å². The largest absolute Gasteiger partial charge is 0.423 e. The monoisotopic (exact) mass is 231 g/mol. The van der Waals surface area contributed by atoms with Crippen LogP contribution in [0.15, 0.2) is 29.1 Å². The maximum atomic E-state index is 5.12. The van der Waals surface area contributed by atoms with Gasteiger partial charge in [0.15, 0.2) is 0 Å². The zero-order valence-corrected chi connectivity index (χ0v) is 9.33. The number of anilines is 1. The number of aromatic nitrogens is 3. The first-order chi connectivity index (χ1) is 8.43. The molecule has 2 aromatic rings. The third-order valence-corrected chi connectivity index (χ3v) is 2.80. The number of rotatable bonds is 2. The molecule has 1 N–H and O–H groups in total. The number of hydrogen-bond donors (Lipinski definition) is 1. The summed E-state index contributed by atoms with van der Waals surface area (Å²) in [5.74, 6) is 1.50. The molecule has 2 aromatic heterocycles. The second-order valence-electron chi connectivity index (χ2n) is 3.89. The van der Waals surface area contributed by atoms with E-state index in [1.807, 2.05) is 12.1 Å². The molecule has 0 aromatic carbocycles. The second-order valence-corrected chi connectivity index (χ2v) is 3.89. The summed E-state index contributed by atoms with van der Waals surface area (Å²) in [6.45, 7) is 4.00. The Kier molecular flexibility index (Phi) is 2.71. The van der Waals surface area contributed by atoms with Gasteiger partial charge >= 0.3 is 0 Å². The van der Waals surface area contributed by atoms with Gasteiger partial charge in [0, 0.05) is 32.4 Å². The lowest BCUT2D eigenvalue weighted by Gasteiger charge is -2.28. The van der Waals surface area contributed by atoms with Gasteiger partial charge in [-0.1, -0.05) is 0 Å². The van der Waals surface area contributed by atoms with E-state index in [0.717, 1.165) is 37.6 Å². The van der Waals surface area contributed by atoms with Crippen LogP contribution in [0.5, 0.6) is 0 Å². The van der Waals surface area contributed by atoms with E-state index in [1.54, 1.807) is 6.20 Å². The molecule has 1 aliphatic heterocycles. The first kappa shape index (κ1) is 10.2. The average molecular weight is 231 g/mol. The van der Waals surface area contributed by atoms with Crippen molar-refractivity contribution in [3.8, 4) is 11.5 Å². The first-order valence-electron chi connectivity index (χ1n) is 5.62. The highest BCUT2D eigenvalue weighted by Crippen LogP contribution is 2.18. The van der Waals surface area contributed by atoms with Crippen molar-refractivity contribution in [2.24, 2.45) is 0 Å². The van der Waals surface area contributed by atoms with Gasteiger partial charge in [-0.15, -0.1) is 10.2 Å². The molecule has 3 rings (SSSR count). The van der Waals surface area contributed by atoms with Crippen molar-refractivity contribution in [2.45, 2.75) is 0 Å². The Morgan fingerprint density at radius 3 is 2.76 bits per heavy atom. The second kappa shape index (κ2) is 4.50. The Morgan fingerprint density at radius 1 is 1.24 bits per heavy atom. The lowest BCUT2D eigenvalue weighted by Crippen LogP contribution is -2.43. The quantitative estimate of drug-likeness (QED) is 0.813. The zero-order valence-electron chi connectivity index (χ0n) is 9.33. The van der Waals surface area contributed by atoms with Gasteiger partial charge in [0.1, 0.15) is 5.82 Å². The van der Waals surface area contributed by atoms with Crippen LogP contribution in [0.2, 0.25) is 0 Å². The number of hydrogen-bond acceptors (Lipinski definition) is 6. The molecular weight excluding hydrogens is 218 g/mol. The normalized spacial score (nSPS) is 16.1. The molecule has 0 aliphatic carbocycles. The fraction of sp³-hybridized carbons (Fsp3) is 0.364. The van der Waals surface area contributed by atoms with Crippen LogP contribution in [-0.2, 0) is 0 Å². The van der Waals surface area contributed by atoms with Crippen LogP contribution in [0.1, 0.15) is 0 Å². The summed E-state index contributed by atoms with van der Waals surface area (Å²) in [6.07, 6.45) is 3.09. The van der Waals surface area contributed by atoms with Crippen molar-refractivity contribution in [2.75, 3.05) is 31.1 Å². The van der Waals surface area contributed by atoms with Crippen LogP contribution in [-0.4, -0.2) is 41.4 Å². The minimum Gasteiger partial charge on any atom is -0.423 e. The molecule has 0 unspecified atom stereocenters.